The van der Waals surface area contributed by atoms with Crippen molar-refractivity contribution < 1.29 is 4.39 Å². The highest BCUT2D eigenvalue weighted by Crippen LogP contribution is 2.44. The molecule has 1 nitrogen and oxygen atoms in total. The highest BCUT2D eigenvalue weighted by atomic mass is 35.5. The minimum Gasteiger partial charge on any atom is -0.312 e. The van der Waals surface area contributed by atoms with Crippen molar-refractivity contribution in [3.63, 3.8) is 0 Å². The standard InChI is InChI=1S/C12H15ClFN/c1-12(5-6-12)8-15-7-9-10(13)3-2-4-11(9)14/h2-4,15H,5-8H2,1H3. The maximum atomic E-state index is 13.4. The Morgan fingerprint density at radius 3 is 2.80 bits per heavy atom. The van der Waals surface area contributed by atoms with Gasteiger partial charge in [0.2, 0.25) is 0 Å². The molecule has 1 N–H and O–H groups in total. The smallest absolute Gasteiger partial charge is 0.129 e. The SMILES string of the molecule is CC1(CNCc2c(F)cccc2Cl)CC1. The Hall–Kier alpha value is -0.600. The number of halogens is 2. The van der Waals surface area contributed by atoms with Crippen LogP contribution < -0.4 is 5.32 Å². The molecule has 15 heavy (non-hydrogen) atoms. The van der Waals surface area contributed by atoms with Crippen LogP contribution in [0.25, 0.3) is 0 Å². The molecule has 3 heteroatoms. The average molecular weight is 228 g/mol. The van der Waals surface area contributed by atoms with E-state index in [0.717, 1.165) is 6.54 Å². The summed E-state index contributed by atoms with van der Waals surface area (Å²) in [4.78, 5) is 0. The first-order valence-corrected chi connectivity index (χ1v) is 5.62. The summed E-state index contributed by atoms with van der Waals surface area (Å²) in [6.45, 7) is 3.70. The van der Waals surface area contributed by atoms with Crippen molar-refractivity contribution in [3.05, 3.63) is 34.6 Å². The Morgan fingerprint density at radius 2 is 2.20 bits per heavy atom. The normalized spacial score (nSPS) is 17.8. The van der Waals surface area contributed by atoms with Gasteiger partial charge in [-0.15, -0.1) is 0 Å². The molecule has 1 saturated carbocycles. The van der Waals surface area contributed by atoms with Crippen molar-refractivity contribution in [2.24, 2.45) is 5.41 Å². The summed E-state index contributed by atoms with van der Waals surface area (Å²) < 4.78 is 13.4. The lowest BCUT2D eigenvalue weighted by molar-refractivity contribution is 0.491. The van der Waals surface area contributed by atoms with Crippen molar-refractivity contribution in [1.29, 1.82) is 0 Å². The molecule has 0 radical (unpaired) electrons. The average Bonchev–Trinajstić information content (AvgIpc) is 2.90. The molecule has 0 bridgehead atoms. The van der Waals surface area contributed by atoms with E-state index in [2.05, 4.69) is 12.2 Å². The monoisotopic (exact) mass is 227 g/mol. The van der Waals surface area contributed by atoms with Gasteiger partial charge in [-0.2, -0.15) is 0 Å². The fraction of sp³-hybridized carbons (Fsp3) is 0.500. The van der Waals surface area contributed by atoms with Crippen LogP contribution in [0, 0.1) is 11.2 Å². The van der Waals surface area contributed by atoms with Gasteiger partial charge in [0.05, 0.1) is 0 Å². The molecular weight excluding hydrogens is 213 g/mol. The van der Waals surface area contributed by atoms with Crippen molar-refractivity contribution in [2.45, 2.75) is 26.3 Å². The topological polar surface area (TPSA) is 12.0 Å². The summed E-state index contributed by atoms with van der Waals surface area (Å²) in [5.41, 5.74) is 1.01. The van der Waals surface area contributed by atoms with Gasteiger partial charge in [-0.05, 0) is 30.4 Å². The van der Waals surface area contributed by atoms with Crippen molar-refractivity contribution >= 4 is 11.6 Å². The number of benzene rings is 1. The molecule has 0 aliphatic heterocycles. The van der Waals surface area contributed by atoms with E-state index in [1.54, 1.807) is 12.1 Å². The Bertz CT molecular complexity index is 340. The van der Waals surface area contributed by atoms with Gasteiger partial charge in [-0.3, -0.25) is 0 Å². The third-order valence-corrected chi connectivity index (χ3v) is 3.37. The van der Waals surface area contributed by atoms with Crippen LogP contribution in [-0.2, 0) is 6.54 Å². The van der Waals surface area contributed by atoms with Crippen molar-refractivity contribution in [1.82, 2.24) is 5.32 Å². The lowest BCUT2D eigenvalue weighted by Gasteiger charge is -2.11. The van der Waals surface area contributed by atoms with Gasteiger partial charge in [-0.25, -0.2) is 4.39 Å². The maximum Gasteiger partial charge on any atom is 0.129 e. The van der Waals surface area contributed by atoms with Gasteiger partial charge in [0.1, 0.15) is 5.82 Å². The van der Waals surface area contributed by atoms with Crippen LogP contribution >= 0.6 is 11.6 Å². The highest BCUT2D eigenvalue weighted by molar-refractivity contribution is 6.31. The Balaban J connectivity index is 1.92. The van der Waals surface area contributed by atoms with E-state index in [-0.39, 0.29) is 5.82 Å². The van der Waals surface area contributed by atoms with E-state index >= 15 is 0 Å². The summed E-state index contributed by atoms with van der Waals surface area (Å²) >= 11 is 5.92. The number of hydrogen-bond acceptors (Lipinski definition) is 1. The number of rotatable bonds is 4. The van der Waals surface area contributed by atoms with Gasteiger partial charge >= 0.3 is 0 Å². The van der Waals surface area contributed by atoms with Gasteiger partial charge in [-0.1, -0.05) is 24.6 Å². The Morgan fingerprint density at radius 1 is 1.47 bits per heavy atom. The van der Waals surface area contributed by atoms with E-state index in [1.807, 2.05) is 0 Å². The second kappa shape index (κ2) is 4.11. The minimum absolute atomic E-state index is 0.226. The van der Waals surface area contributed by atoms with Gasteiger partial charge < -0.3 is 5.32 Å². The molecule has 1 aromatic rings. The second-order valence-electron chi connectivity index (χ2n) is 4.61. The molecule has 0 heterocycles. The Kier molecular flexibility index (Phi) is 2.98. The zero-order valence-electron chi connectivity index (χ0n) is 8.82. The first-order chi connectivity index (χ1) is 7.11. The van der Waals surface area contributed by atoms with Crippen LogP contribution in [0.5, 0.6) is 0 Å². The molecule has 0 atom stereocenters. The summed E-state index contributed by atoms with van der Waals surface area (Å²) in [5, 5.41) is 3.76. The molecule has 1 aromatic carbocycles. The minimum atomic E-state index is -0.226. The van der Waals surface area contributed by atoms with Crippen LogP contribution in [-0.4, -0.2) is 6.54 Å². The molecule has 0 amide bonds. The molecule has 1 aliphatic rings. The van der Waals surface area contributed by atoms with Crippen molar-refractivity contribution in [3.8, 4) is 0 Å². The quantitative estimate of drug-likeness (QED) is 0.832. The highest BCUT2D eigenvalue weighted by Gasteiger charge is 2.36. The fourth-order valence-electron chi connectivity index (χ4n) is 1.58. The third kappa shape index (κ3) is 2.70. The zero-order chi connectivity index (χ0) is 10.9. The predicted octanol–water partition coefficient (Wildman–Crippen LogP) is 3.37. The predicted molar refractivity (Wildman–Crippen MR) is 60.5 cm³/mol. The molecule has 0 saturated heterocycles. The largest absolute Gasteiger partial charge is 0.312 e. The van der Waals surface area contributed by atoms with Crippen LogP contribution in [0.1, 0.15) is 25.3 Å². The summed E-state index contributed by atoms with van der Waals surface area (Å²) in [5.74, 6) is -0.226. The molecule has 0 unspecified atom stereocenters. The summed E-state index contributed by atoms with van der Waals surface area (Å²) in [6, 6.07) is 4.80. The van der Waals surface area contributed by atoms with Crippen LogP contribution in [0.3, 0.4) is 0 Å². The second-order valence-corrected chi connectivity index (χ2v) is 5.02. The first kappa shape index (κ1) is 10.9. The molecule has 0 spiro atoms. The zero-order valence-corrected chi connectivity index (χ0v) is 9.57. The van der Waals surface area contributed by atoms with Gasteiger partial charge in [0.15, 0.2) is 0 Å². The lowest BCUT2D eigenvalue weighted by atomic mass is 10.1. The van der Waals surface area contributed by atoms with Crippen LogP contribution in [0.4, 0.5) is 4.39 Å². The first-order valence-electron chi connectivity index (χ1n) is 5.24. The van der Waals surface area contributed by atoms with Gasteiger partial charge in [0.25, 0.3) is 0 Å². The molecule has 0 aromatic heterocycles. The number of nitrogens with one attached hydrogen (secondary N) is 1. The van der Waals surface area contributed by atoms with E-state index < -0.39 is 0 Å². The number of hydrogen-bond donors (Lipinski definition) is 1. The van der Waals surface area contributed by atoms with E-state index in [4.69, 9.17) is 11.6 Å². The van der Waals surface area contributed by atoms with Crippen LogP contribution in [0.15, 0.2) is 18.2 Å². The van der Waals surface area contributed by atoms with Crippen LogP contribution in [0.2, 0.25) is 5.02 Å². The van der Waals surface area contributed by atoms with E-state index in [9.17, 15) is 4.39 Å². The molecule has 2 rings (SSSR count). The molecule has 1 aliphatic carbocycles. The van der Waals surface area contributed by atoms with E-state index in [1.165, 1.54) is 18.9 Å². The summed E-state index contributed by atoms with van der Waals surface area (Å²) in [6.07, 6.45) is 2.54. The van der Waals surface area contributed by atoms with Crippen molar-refractivity contribution in [2.75, 3.05) is 6.54 Å². The third-order valence-electron chi connectivity index (χ3n) is 3.02. The fourth-order valence-corrected chi connectivity index (χ4v) is 1.81. The molecule has 82 valence electrons. The van der Waals surface area contributed by atoms with E-state index in [0.29, 0.717) is 22.5 Å². The maximum absolute atomic E-state index is 13.4. The lowest BCUT2D eigenvalue weighted by Crippen LogP contribution is -2.22. The molecular formula is C12H15ClFN. The molecule has 1 fully saturated rings. The Labute approximate surface area is 94.6 Å². The summed E-state index contributed by atoms with van der Waals surface area (Å²) in [7, 11) is 0. The van der Waals surface area contributed by atoms with Gasteiger partial charge in [0, 0.05) is 23.7 Å².